The fourth-order valence-electron chi connectivity index (χ4n) is 3.72. The number of hydrogen-bond donors (Lipinski definition) is 0. The smallest absolute Gasteiger partial charge is 0.289 e. The number of rotatable bonds is 2. The van der Waals surface area contributed by atoms with Gasteiger partial charge in [0.15, 0.2) is 17.2 Å². The minimum Gasteiger partial charge on any atom is -0.448 e. The van der Waals surface area contributed by atoms with Crippen molar-refractivity contribution in [3.05, 3.63) is 35.3 Å². The normalized spacial score (nSPS) is 21.2. The number of furan rings is 1. The number of carbonyl (C=O) groups is 2. The van der Waals surface area contributed by atoms with Crippen LogP contribution in [0.15, 0.2) is 22.6 Å². The van der Waals surface area contributed by atoms with Gasteiger partial charge in [0, 0.05) is 31.4 Å². The predicted molar refractivity (Wildman–Crippen MR) is 86.2 cm³/mol. The van der Waals surface area contributed by atoms with Crippen LogP contribution in [0.5, 0.6) is 0 Å². The topological polar surface area (TPSA) is 53.8 Å². The lowest BCUT2D eigenvalue weighted by Crippen LogP contribution is -2.39. The van der Waals surface area contributed by atoms with Crippen molar-refractivity contribution in [2.24, 2.45) is 0 Å². The van der Waals surface area contributed by atoms with Crippen molar-refractivity contribution in [1.29, 1.82) is 0 Å². The molecule has 0 N–H and O–H groups in total. The average molecular weight is 330 g/mol. The van der Waals surface area contributed by atoms with Gasteiger partial charge in [-0.2, -0.15) is 0 Å². The summed E-state index contributed by atoms with van der Waals surface area (Å²) in [6.45, 7) is 3.74. The molecule has 6 heteroatoms. The Labute approximate surface area is 139 Å². The second-order valence-corrected chi connectivity index (χ2v) is 6.60. The molecule has 2 aliphatic heterocycles. The van der Waals surface area contributed by atoms with E-state index in [0.717, 1.165) is 24.9 Å². The lowest BCUT2D eigenvalue weighted by atomic mass is 10.1. The maximum atomic E-state index is 13.9. The predicted octanol–water partition coefficient (Wildman–Crippen LogP) is 2.72. The fourth-order valence-corrected chi connectivity index (χ4v) is 3.72. The zero-order valence-corrected chi connectivity index (χ0v) is 13.5. The highest BCUT2D eigenvalue weighted by molar-refractivity contribution is 5.97. The van der Waals surface area contributed by atoms with Crippen LogP contribution in [0.25, 0.3) is 11.0 Å². The first-order valence-corrected chi connectivity index (χ1v) is 8.32. The summed E-state index contributed by atoms with van der Waals surface area (Å²) in [6, 6.07) is 4.73. The van der Waals surface area contributed by atoms with Crippen molar-refractivity contribution in [1.82, 2.24) is 9.80 Å². The summed E-state index contributed by atoms with van der Waals surface area (Å²) in [5, 5.41) is 0.629. The quantitative estimate of drug-likeness (QED) is 0.851. The number of amides is 2. The molecule has 0 spiro atoms. The molecule has 2 amide bonds. The Kier molecular flexibility index (Phi) is 3.55. The molecule has 1 atom stereocenters. The van der Waals surface area contributed by atoms with Crippen LogP contribution in [0, 0.1) is 12.7 Å². The van der Waals surface area contributed by atoms with Crippen molar-refractivity contribution in [2.75, 3.05) is 19.6 Å². The molecule has 0 unspecified atom stereocenters. The number of nitrogens with zero attached hydrogens (tertiary/aromatic N) is 2. The maximum Gasteiger partial charge on any atom is 0.289 e. The zero-order chi connectivity index (χ0) is 16.8. The van der Waals surface area contributed by atoms with Crippen LogP contribution >= 0.6 is 0 Å². The van der Waals surface area contributed by atoms with E-state index in [1.54, 1.807) is 17.0 Å². The highest BCUT2D eigenvalue weighted by Gasteiger charge is 2.35. The molecule has 0 radical (unpaired) electrons. The van der Waals surface area contributed by atoms with Gasteiger partial charge < -0.3 is 14.2 Å². The Bertz CT molecular complexity index is 790. The van der Waals surface area contributed by atoms with Crippen molar-refractivity contribution >= 4 is 22.8 Å². The van der Waals surface area contributed by atoms with Gasteiger partial charge in [0.05, 0.1) is 6.04 Å². The van der Waals surface area contributed by atoms with E-state index >= 15 is 0 Å². The van der Waals surface area contributed by atoms with E-state index in [1.807, 2.05) is 11.8 Å². The summed E-state index contributed by atoms with van der Waals surface area (Å²) in [7, 11) is 0. The molecule has 4 rings (SSSR count). The summed E-state index contributed by atoms with van der Waals surface area (Å²) >= 11 is 0. The lowest BCUT2D eigenvalue weighted by molar-refractivity contribution is -0.129. The van der Waals surface area contributed by atoms with E-state index in [9.17, 15) is 14.0 Å². The molecular formula is C18H19FN2O3. The monoisotopic (exact) mass is 330 g/mol. The Hall–Kier alpha value is -2.37. The third-order valence-corrected chi connectivity index (χ3v) is 5.07. The van der Waals surface area contributed by atoms with Crippen LogP contribution in [-0.2, 0) is 4.79 Å². The van der Waals surface area contributed by atoms with Gasteiger partial charge in [0.25, 0.3) is 5.91 Å². The Morgan fingerprint density at radius 3 is 2.88 bits per heavy atom. The van der Waals surface area contributed by atoms with Crippen molar-refractivity contribution in [2.45, 2.75) is 32.2 Å². The first kappa shape index (κ1) is 15.2. The first-order valence-electron chi connectivity index (χ1n) is 8.32. The third-order valence-electron chi connectivity index (χ3n) is 5.07. The van der Waals surface area contributed by atoms with E-state index in [2.05, 4.69) is 0 Å². The molecule has 5 nitrogen and oxygen atoms in total. The average Bonchev–Trinajstić information content (AvgIpc) is 3.28. The standard InChI is InChI=1S/C18H19FN2O3/c1-11-4-5-14(19)17-13(11)9-15(24-17)18(23)20-8-6-12(10-20)21-7-2-3-16(21)22/h4-5,9,12H,2-3,6-8,10H2,1H3/t12-/m0/s1. The summed E-state index contributed by atoms with van der Waals surface area (Å²) in [5.74, 6) is -0.363. The largest absolute Gasteiger partial charge is 0.448 e. The highest BCUT2D eigenvalue weighted by Crippen LogP contribution is 2.28. The number of fused-ring (bicyclic) bond motifs is 1. The molecule has 0 aliphatic carbocycles. The molecule has 24 heavy (non-hydrogen) atoms. The van der Waals surface area contributed by atoms with Crippen LogP contribution in [0.3, 0.4) is 0 Å². The van der Waals surface area contributed by atoms with Gasteiger partial charge in [-0.1, -0.05) is 6.07 Å². The highest BCUT2D eigenvalue weighted by atomic mass is 19.1. The number of benzene rings is 1. The number of halogens is 1. The van der Waals surface area contributed by atoms with E-state index in [0.29, 0.717) is 24.9 Å². The molecule has 2 aromatic rings. The summed E-state index contributed by atoms with van der Waals surface area (Å²) in [4.78, 5) is 28.1. The van der Waals surface area contributed by atoms with Crippen LogP contribution < -0.4 is 0 Å². The molecule has 126 valence electrons. The van der Waals surface area contributed by atoms with Gasteiger partial charge in [-0.05, 0) is 37.5 Å². The molecule has 0 bridgehead atoms. The SMILES string of the molecule is Cc1ccc(F)c2oc(C(=O)N3CC[C@H](N4CCCC4=O)C3)cc12. The van der Waals surface area contributed by atoms with Crippen LogP contribution in [0.1, 0.15) is 35.4 Å². The Morgan fingerprint density at radius 2 is 2.17 bits per heavy atom. The van der Waals surface area contributed by atoms with Crippen molar-refractivity contribution < 1.29 is 18.4 Å². The number of likely N-dealkylation sites (tertiary alicyclic amines) is 2. The van der Waals surface area contributed by atoms with Crippen molar-refractivity contribution in [3.8, 4) is 0 Å². The number of carbonyl (C=O) groups excluding carboxylic acids is 2. The van der Waals surface area contributed by atoms with E-state index < -0.39 is 5.82 Å². The van der Waals surface area contributed by atoms with Gasteiger partial charge in [0.1, 0.15) is 0 Å². The van der Waals surface area contributed by atoms with E-state index in [4.69, 9.17) is 4.42 Å². The first-order chi connectivity index (χ1) is 11.5. The summed E-state index contributed by atoms with van der Waals surface area (Å²) in [5.41, 5.74) is 1.000. The van der Waals surface area contributed by atoms with Gasteiger partial charge in [-0.3, -0.25) is 9.59 Å². The number of aryl methyl sites for hydroxylation is 1. The van der Waals surface area contributed by atoms with Gasteiger partial charge in [-0.15, -0.1) is 0 Å². The van der Waals surface area contributed by atoms with Crippen LogP contribution in [-0.4, -0.2) is 47.3 Å². The van der Waals surface area contributed by atoms with Crippen LogP contribution in [0.4, 0.5) is 4.39 Å². The lowest BCUT2D eigenvalue weighted by Gasteiger charge is -2.23. The van der Waals surface area contributed by atoms with E-state index in [1.165, 1.54) is 6.07 Å². The third kappa shape index (κ3) is 2.37. The molecule has 1 aromatic carbocycles. The summed E-state index contributed by atoms with van der Waals surface area (Å²) in [6.07, 6.45) is 2.28. The molecule has 2 aliphatic rings. The van der Waals surface area contributed by atoms with E-state index in [-0.39, 0.29) is 29.2 Å². The zero-order valence-electron chi connectivity index (χ0n) is 13.5. The van der Waals surface area contributed by atoms with Crippen molar-refractivity contribution in [3.63, 3.8) is 0 Å². The minimum atomic E-state index is -0.461. The maximum absolute atomic E-state index is 13.9. The minimum absolute atomic E-state index is 0.0896. The van der Waals surface area contributed by atoms with Gasteiger partial charge in [0.2, 0.25) is 5.91 Å². The fraction of sp³-hybridized carbons (Fsp3) is 0.444. The second-order valence-electron chi connectivity index (χ2n) is 6.60. The molecular weight excluding hydrogens is 311 g/mol. The van der Waals surface area contributed by atoms with Gasteiger partial charge >= 0.3 is 0 Å². The Balaban J connectivity index is 1.55. The van der Waals surface area contributed by atoms with Gasteiger partial charge in [-0.25, -0.2) is 4.39 Å². The molecule has 3 heterocycles. The summed E-state index contributed by atoms with van der Waals surface area (Å²) < 4.78 is 19.4. The Morgan fingerprint density at radius 1 is 1.33 bits per heavy atom. The second kappa shape index (κ2) is 5.61. The molecule has 0 saturated carbocycles. The number of hydrogen-bond acceptors (Lipinski definition) is 3. The molecule has 1 aromatic heterocycles. The molecule has 2 fully saturated rings. The van der Waals surface area contributed by atoms with Crippen LogP contribution in [0.2, 0.25) is 0 Å². The molecule has 2 saturated heterocycles.